The van der Waals surface area contributed by atoms with Gasteiger partial charge in [0.1, 0.15) is 0 Å². The van der Waals surface area contributed by atoms with Gasteiger partial charge >= 0.3 is 0 Å². The molecule has 0 atom stereocenters. The highest BCUT2D eigenvalue weighted by atomic mass is 14.8. The van der Waals surface area contributed by atoms with Crippen LogP contribution in [0.1, 0.15) is 33.5 Å². The maximum Gasteiger partial charge on any atom is 0.0991 e. The third-order valence-electron chi connectivity index (χ3n) is 4.36. The van der Waals surface area contributed by atoms with E-state index in [0.29, 0.717) is 5.56 Å². The molecule has 0 aliphatic carbocycles. The van der Waals surface area contributed by atoms with Crippen LogP contribution in [-0.4, -0.2) is 9.97 Å². The molecular formula is C22H21N3. The number of benzene rings is 2. The van der Waals surface area contributed by atoms with Crippen LogP contribution in [0.3, 0.4) is 0 Å². The predicted octanol–water partition coefficient (Wildman–Crippen LogP) is 5.22. The van der Waals surface area contributed by atoms with E-state index in [1.165, 1.54) is 11.1 Å². The number of aromatic nitrogens is 2. The van der Waals surface area contributed by atoms with Crippen molar-refractivity contribution < 1.29 is 0 Å². The van der Waals surface area contributed by atoms with Crippen molar-refractivity contribution in [2.75, 3.05) is 0 Å². The fourth-order valence-corrected chi connectivity index (χ4v) is 3.43. The zero-order valence-corrected chi connectivity index (χ0v) is 15.3. The van der Waals surface area contributed by atoms with Gasteiger partial charge in [0, 0.05) is 11.1 Å². The van der Waals surface area contributed by atoms with E-state index in [2.05, 4.69) is 38.1 Å². The minimum Gasteiger partial charge on any atom is -0.252 e. The highest BCUT2D eigenvalue weighted by Crippen LogP contribution is 2.29. The van der Waals surface area contributed by atoms with E-state index < -0.39 is 0 Å². The van der Waals surface area contributed by atoms with Gasteiger partial charge in [-0.2, -0.15) is 5.26 Å². The Balaban J connectivity index is 2.11. The van der Waals surface area contributed by atoms with E-state index >= 15 is 0 Å². The lowest BCUT2D eigenvalue weighted by Crippen LogP contribution is -1.99. The zero-order chi connectivity index (χ0) is 18.1. The summed E-state index contributed by atoms with van der Waals surface area (Å²) in [6.45, 7) is 10.2. The van der Waals surface area contributed by atoms with Gasteiger partial charge in [-0.3, -0.25) is 4.98 Å². The van der Waals surface area contributed by atoms with Crippen LogP contribution in [0.25, 0.3) is 22.5 Å². The Kier molecular flexibility index (Phi) is 4.37. The number of hydrogen-bond acceptors (Lipinski definition) is 3. The summed E-state index contributed by atoms with van der Waals surface area (Å²) in [7, 11) is 0. The van der Waals surface area contributed by atoms with Gasteiger partial charge in [-0.1, -0.05) is 17.2 Å². The highest BCUT2D eigenvalue weighted by molar-refractivity contribution is 5.71. The second kappa shape index (κ2) is 6.49. The second-order valence-electron chi connectivity index (χ2n) is 6.66. The van der Waals surface area contributed by atoms with Crippen LogP contribution in [0.2, 0.25) is 0 Å². The number of rotatable bonds is 2. The summed E-state index contributed by atoms with van der Waals surface area (Å²) in [5, 5.41) is 9.12. The molecule has 0 aliphatic heterocycles. The van der Waals surface area contributed by atoms with E-state index in [4.69, 9.17) is 15.2 Å². The molecule has 3 aromatic rings. The standard InChI is InChI=1S/C22H21N3/c1-13-6-14(2)8-19(7-13)22-17(5)25-20(12-24-22)21-15(3)9-18(11-23)10-16(21)4/h6-10,12H,1-5H3. The molecule has 0 bridgehead atoms. The molecule has 3 rings (SSSR count). The van der Waals surface area contributed by atoms with E-state index in [0.717, 1.165) is 39.3 Å². The maximum atomic E-state index is 9.12. The lowest BCUT2D eigenvalue weighted by atomic mass is 9.97. The summed E-state index contributed by atoms with van der Waals surface area (Å²) in [5.41, 5.74) is 10.0. The summed E-state index contributed by atoms with van der Waals surface area (Å²) in [6, 6.07) is 12.4. The van der Waals surface area contributed by atoms with Gasteiger partial charge in [-0.25, -0.2) is 4.98 Å². The number of nitrogens with zero attached hydrogens (tertiary/aromatic N) is 3. The molecular weight excluding hydrogens is 306 g/mol. The molecule has 3 heteroatoms. The van der Waals surface area contributed by atoms with Crippen LogP contribution in [0.5, 0.6) is 0 Å². The Labute approximate surface area is 149 Å². The molecule has 3 nitrogen and oxygen atoms in total. The summed E-state index contributed by atoms with van der Waals surface area (Å²) >= 11 is 0. The smallest absolute Gasteiger partial charge is 0.0991 e. The SMILES string of the molecule is Cc1cc(C)cc(-c2ncc(-c3c(C)cc(C#N)cc3C)nc2C)c1. The number of hydrogen-bond donors (Lipinski definition) is 0. The van der Waals surface area contributed by atoms with Crippen LogP contribution in [-0.2, 0) is 0 Å². The molecule has 0 radical (unpaired) electrons. The van der Waals surface area contributed by atoms with Gasteiger partial charge in [0.25, 0.3) is 0 Å². The van der Waals surface area contributed by atoms with E-state index in [1.807, 2.05) is 39.1 Å². The normalized spacial score (nSPS) is 10.6. The average Bonchev–Trinajstić information content (AvgIpc) is 2.53. The zero-order valence-electron chi connectivity index (χ0n) is 15.3. The summed E-state index contributed by atoms with van der Waals surface area (Å²) in [6.07, 6.45) is 1.83. The molecule has 1 heterocycles. The van der Waals surface area contributed by atoms with Crippen LogP contribution in [0, 0.1) is 45.9 Å². The average molecular weight is 327 g/mol. The van der Waals surface area contributed by atoms with Crippen molar-refractivity contribution in [1.82, 2.24) is 9.97 Å². The van der Waals surface area contributed by atoms with Crippen LogP contribution in [0.4, 0.5) is 0 Å². The Morgan fingerprint density at radius 2 is 1.44 bits per heavy atom. The minimum absolute atomic E-state index is 0.676. The third kappa shape index (κ3) is 3.29. The molecule has 0 amide bonds. The first-order valence-corrected chi connectivity index (χ1v) is 8.33. The van der Waals surface area contributed by atoms with Crippen LogP contribution < -0.4 is 0 Å². The van der Waals surface area contributed by atoms with E-state index in [1.54, 1.807) is 0 Å². The van der Waals surface area contributed by atoms with Crippen molar-refractivity contribution in [3.8, 4) is 28.6 Å². The van der Waals surface area contributed by atoms with Crippen molar-refractivity contribution in [3.63, 3.8) is 0 Å². The second-order valence-corrected chi connectivity index (χ2v) is 6.66. The maximum absolute atomic E-state index is 9.12. The lowest BCUT2D eigenvalue weighted by Gasteiger charge is -2.13. The summed E-state index contributed by atoms with van der Waals surface area (Å²) < 4.78 is 0. The first-order valence-electron chi connectivity index (χ1n) is 8.33. The third-order valence-corrected chi connectivity index (χ3v) is 4.36. The predicted molar refractivity (Wildman–Crippen MR) is 101 cm³/mol. The molecule has 124 valence electrons. The Bertz CT molecular complexity index is 967. The van der Waals surface area contributed by atoms with Gasteiger partial charge in [-0.05, 0) is 70.0 Å². The monoisotopic (exact) mass is 327 g/mol. The van der Waals surface area contributed by atoms with Crippen LogP contribution >= 0.6 is 0 Å². The Morgan fingerprint density at radius 1 is 0.840 bits per heavy atom. The minimum atomic E-state index is 0.676. The molecule has 1 aromatic heterocycles. The van der Waals surface area contributed by atoms with Gasteiger partial charge < -0.3 is 0 Å². The molecule has 0 unspecified atom stereocenters. The molecule has 25 heavy (non-hydrogen) atoms. The first kappa shape index (κ1) is 16.9. The fourth-order valence-electron chi connectivity index (χ4n) is 3.43. The number of nitriles is 1. The van der Waals surface area contributed by atoms with Gasteiger partial charge in [-0.15, -0.1) is 0 Å². The van der Waals surface area contributed by atoms with E-state index in [9.17, 15) is 0 Å². The molecule has 0 saturated carbocycles. The molecule has 0 saturated heterocycles. The quantitative estimate of drug-likeness (QED) is 0.648. The number of aryl methyl sites for hydroxylation is 5. The van der Waals surface area contributed by atoms with Crippen LogP contribution in [0.15, 0.2) is 36.5 Å². The largest absolute Gasteiger partial charge is 0.252 e. The van der Waals surface area contributed by atoms with Crippen molar-refractivity contribution in [2.45, 2.75) is 34.6 Å². The molecule has 0 fully saturated rings. The summed E-state index contributed by atoms with van der Waals surface area (Å²) in [5.74, 6) is 0. The summed E-state index contributed by atoms with van der Waals surface area (Å²) in [4.78, 5) is 9.52. The molecule has 0 N–H and O–H groups in total. The van der Waals surface area contributed by atoms with E-state index in [-0.39, 0.29) is 0 Å². The van der Waals surface area contributed by atoms with Gasteiger partial charge in [0.05, 0.1) is 34.9 Å². The molecule has 2 aromatic carbocycles. The van der Waals surface area contributed by atoms with Gasteiger partial charge in [0.2, 0.25) is 0 Å². The topological polar surface area (TPSA) is 49.6 Å². The fraction of sp³-hybridized carbons (Fsp3) is 0.227. The molecule has 0 spiro atoms. The van der Waals surface area contributed by atoms with Crippen molar-refractivity contribution >= 4 is 0 Å². The van der Waals surface area contributed by atoms with Crippen molar-refractivity contribution in [1.29, 1.82) is 5.26 Å². The highest BCUT2D eigenvalue weighted by Gasteiger charge is 2.13. The molecule has 0 aliphatic rings. The Hall–Kier alpha value is -2.99. The van der Waals surface area contributed by atoms with Crippen molar-refractivity contribution in [2.24, 2.45) is 0 Å². The lowest BCUT2D eigenvalue weighted by molar-refractivity contribution is 1.12. The first-order chi connectivity index (χ1) is 11.9. The van der Waals surface area contributed by atoms with Crippen molar-refractivity contribution in [3.05, 3.63) is 70.0 Å². The Morgan fingerprint density at radius 3 is 1.96 bits per heavy atom. The van der Waals surface area contributed by atoms with Gasteiger partial charge in [0.15, 0.2) is 0 Å².